The SMILES string of the molecule is COC(=O)CC[C@@H](C)[C@H]1CC[C@H]2[C@@H]3C(=O)C[C@@H]4C[C@H](OC(=O)CCC(=O)[O-])CC[C@]4(C)[C@H]3CC(=O)[C@]12C. The first-order chi connectivity index (χ1) is 17.4. The molecule has 4 fully saturated rings. The molecule has 0 spiro atoms. The summed E-state index contributed by atoms with van der Waals surface area (Å²) in [4.78, 5) is 62.0. The summed E-state index contributed by atoms with van der Waals surface area (Å²) < 4.78 is 10.4. The third kappa shape index (κ3) is 4.97. The molecule has 0 amide bonds. The molecule has 4 rings (SSSR count). The molecular weight excluding hydrogens is 476 g/mol. The molecule has 4 aliphatic rings. The molecule has 0 aromatic heterocycles. The van der Waals surface area contributed by atoms with Gasteiger partial charge < -0.3 is 19.4 Å². The fourth-order valence-corrected chi connectivity index (χ4v) is 8.76. The molecule has 37 heavy (non-hydrogen) atoms. The first kappa shape index (κ1) is 27.8. The van der Waals surface area contributed by atoms with Crippen molar-refractivity contribution < 1.29 is 38.6 Å². The van der Waals surface area contributed by atoms with Crippen LogP contribution in [0.3, 0.4) is 0 Å². The summed E-state index contributed by atoms with van der Waals surface area (Å²) in [5.74, 6) is -1.24. The van der Waals surface area contributed by atoms with E-state index in [4.69, 9.17) is 9.47 Å². The smallest absolute Gasteiger partial charge is 0.306 e. The first-order valence-corrected chi connectivity index (χ1v) is 13.9. The van der Waals surface area contributed by atoms with Gasteiger partial charge in [0.25, 0.3) is 0 Å². The van der Waals surface area contributed by atoms with E-state index in [1.54, 1.807) is 0 Å². The topological polar surface area (TPSA) is 127 Å². The van der Waals surface area contributed by atoms with E-state index in [1.165, 1.54) is 7.11 Å². The van der Waals surface area contributed by atoms with Gasteiger partial charge in [0.05, 0.1) is 13.5 Å². The molecule has 0 aromatic rings. The lowest BCUT2D eigenvalue weighted by molar-refractivity contribution is -0.305. The second-order valence-electron chi connectivity index (χ2n) is 12.6. The van der Waals surface area contributed by atoms with Crippen molar-refractivity contribution in [2.24, 2.45) is 46.3 Å². The minimum Gasteiger partial charge on any atom is -0.550 e. The van der Waals surface area contributed by atoms with Gasteiger partial charge in [-0.2, -0.15) is 0 Å². The van der Waals surface area contributed by atoms with E-state index in [0.717, 1.165) is 19.3 Å². The van der Waals surface area contributed by atoms with Gasteiger partial charge in [-0.15, -0.1) is 0 Å². The van der Waals surface area contributed by atoms with Crippen LogP contribution in [0.15, 0.2) is 0 Å². The largest absolute Gasteiger partial charge is 0.550 e. The zero-order valence-electron chi connectivity index (χ0n) is 22.6. The number of methoxy groups -OCH3 is 1. The van der Waals surface area contributed by atoms with Gasteiger partial charge in [0.2, 0.25) is 0 Å². The number of rotatable bonds is 8. The number of fused-ring (bicyclic) bond motifs is 5. The summed E-state index contributed by atoms with van der Waals surface area (Å²) in [5, 5.41) is 10.7. The Labute approximate surface area is 219 Å². The van der Waals surface area contributed by atoms with Gasteiger partial charge in [-0.05, 0) is 80.0 Å². The van der Waals surface area contributed by atoms with Crippen LogP contribution < -0.4 is 5.11 Å². The van der Waals surface area contributed by atoms with Crippen molar-refractivity contribution >= 4 is 29.5 Å². The minimum absolute atomic E-state index is 0.00295. The minimum atomic E-state index is -1.28. The molecule has 8 nitrogen and oxygen atoms in total. The molecule has 0 radical (unpaired) electrons. The van der Waals surface area contributed by atoms with Crippen molar-refractivity contribution in [3.05, 3.63) is 0 Å². The second-order valence-corrected chi connectivity index (χ2v) is 12.6. The van der Waals surface area contributed by atoms with Crippen molar-refractivity contribution in [3.8, 4) is 0 Å². The number of ketones is 2. The van der Waals surface area contributed by atoms with Gasteiger partial charge in [-0.25, -0.2) is 0 Å². The Morgan fingerprint density at radius 2 is 1.73 bits per heavy atom. The maximum Gasteiger partial charge on any atom is 0.306 e. The van der Waals surface area contributed by atoms with Gasteiger partial charge >= 0.3 is 11.9 Å². The lowest BCUT2D eigenvalue weighted by Crippen LogP contribution is -2.60. The number of aliphatic carboxylic acids is 1. The fraction of sp³-hybridized carbons (Fsp3) is 0.828. The maximum atomic E-state index is 13.9. The van der Waals surface area contributed by atoms with Crippen LogP contribution in [0.4, 0.5) is 0 Å². The van der Waals surface area contributed by atoms with E-state index in [2.05, 4.69) is 20.8 Å². The number of Topliss-reactive ketones (excluding diaryl/α,β-unsaturated/α-hetero) is 2. The van der Waals surface area contributed by atoms with E-state index in [9.17, 15) is 29.1 Å². The average molecular weight is 518 g/mol. The Morgan fingerprint density at radius 3 is 2.41 bits per heavy atom. The van der Waals surface area contributed by atoms with Crippen LogP contribution in [-0.2, 0) is 33.4 Å². The number of esters is 2. The number of carbonyl (C=O) groups is 5. The summed E-state index contributed by atoms with van der Waals surface area (Å²) in [7, 11) is 1.39. The van der Waals surface area contributed by atoms with Crippen molar-refractivity contribution in [1.82, 2.24) is 0 Å². The van der Waals surface area contributed by atoms with E-state index in [0.29, 0.717) is 38.5 Å². The van der Waals surface area contributed by atoms with Gasteiger partial charge in [-0.3, -0.25) is 19.2 Å². The summed E-state index contributed by atoms with van der Waals surface area (Å²) in [6, 6.07) is 0. The molecular formula is C29H41O8-. The highest BCUT2D eigenvalue weighted by Gasteiger charge is 2.66. The number of carboxylic acids is 1. The van der Waals surface area contributed by atoms with E-state index in [-0.39, 0.29) is 77.4 Å². The Bertz CT molecular complexity index is 958. The molecule has 0 N–H and O–H groups in total. The van der Waals surface area contributed by atoms with Gasteiger partial charge in [0.15, 0.2) is 0 Å². The van der Waals surface area contributed by atoms with Gasteiger partial charge in [0.1, 0.15) is 17.7 Å². The lowest BCUT2D eigenvalue weighted by Gasteiger charge is -2.59. The number of ether oxygens (including phenoxy) is 2. The van der Waals surface area contributed by atoms with Gasteiger partial charge in [0, 0.05) is 36.6 Å². The van der Waals surface area contributed by atoms with E-state index >= 15 is 0 Å². The first-order valence-electron chi connectivity index (χ1n) is 13.9. The number of hydrogen-bond acceptors (Lipinski definition) is 8. The summed E-state index contributed by atoms with van der Waals surface area (Å²) >= 11 is 0. The Hall–Kier alpha value is -2.25. The molecule has 8 heteroatoms. The molecule has 0 bridgehead atoms. The summed E-state index contributed by atoms with van der Waals surface area (Å²) in [6.45, 7) is 6.42. The summed E-state index contributed by atoms with van der Waals surface area (Å²) in [6.07, 6.45) is 4.74. The molecule has 4 saturated carbocycles. The lowest BCUT2D eigenvalue weighted by atomic mass is 9.43. The Morgan fingerprint density at radius 1 is 1.00 bits per heavy atom. The highest BCUT2D eigenvalue weighted by molar-refractivity contribution is 5.92. The quantitative estimate of drug-likeness (QED) is 0.450. The fourth-order valence-electron chi connectivity index (χ4n) is 8.76. The molecule has 206 valence electrons. The highest BCUT2D eigenvalue weighted by Crippen LogP contribution is 2.66. The monoisotopic (exact) mass is 517 g/mol. The van der Waals surface area contributed by atoms with Crippen molar-refractivity contribution in [1.29, 1.82) is 0 Å². The molecule has 0 aromatic carbocycles. The van der Waals surface area contributed by atoms with Crippen LogP contribution in [0.25, 0.3) is 0 Å². The molecule has 0 heterocycles. The van der Waals surface area contributed by atoms with Crippen LogP contribution in [0.2, 0.25) is 0 Å². The van der Waals surface area contributed by atoms with Crippen LogP contribution >= 0.6 is 0 Å². The molecule has 0 aliphatic heterocycles. The van der Waals surface area contributed by atoms with Crippen LogP contribution in [0.5, 0.6) is 0 Å². The number of carbonyl (C=O) groups excluding carboxylic acids is 5. The second kappa shape index (κ2) is 10.5. The van der Waals surface area contributed by atoms with Crippen molar-refractivity contribution in [2.45, 2.75) is 97.5 Å². The number of carboxylic acid groups (broad SMARTS) is 1. The predicted molar refractivity (Wildman–Crippen MR) is 131 cm³/mol. The Kier molecular flexibility index (Phi) is 7.87. The van der Waals surface area contributed by atoms with Crippen LogP contribution in [0.1, 0.15) is 91.4 Å². The zero-order valence-corrected chi connectivity index (χ0v) is 22.6. The standard InChI is InChI=1S/C29H42O8/c1-16(5-9-25(34)36-4)19-6-7-20-27-21(15-23(31)29(19,20)3)28(2)12-11-18(13-17(28)14-22(27)30)37-26(35)10-8-24(32)33/h16-21,27H,5-15H2,1-4H3,(H,32,33)/p-1/t16-,17+,18-,19-,20+,21+,27+,28+,29-/m1/s1. The zero-order chi connectivity index (χ0) is 27.1. The molecule has 4 aliphatic carbocycles. The van der Waals surface area contributed by atoms with Crippen molar-refractivity contribution in [2.75, 3.05) is 7.11 Å². The van der Waals surface area contributed by atoms with E-state index in [1.807, 2.05) is 0 Å². The van der Waals surface area contributed by atoms with E-state index < -0.39 is 17.4 Å². The highest BCUT2D eigenvalue weighted by atomic mass is 16.5. The molecule has 9 atom stereocenters. The van der Waals surface area contributed by atoms with Crippen LogP contribution in [-0.4, -0.2) is 42.7 Å². The Balaban J connectivity index is 1.48. The average Bonchev–Trinajstić information content (AvgIpc) is 3.21. The predicted octanol–water partition coefficient (Wildman–Crippen LogP) is 3.03. The maximum absolute atomic E-state index is 13.9. The van der Waals surface area contributed by atoms with Crippen molar-refractivity contribution in [3.63, 3.8) is 0 Å². The number of hydrogen-bond donors (Lipinski definition) is 0. The van der Waals surface area contributed by atoms with Crippen LogP contribution in [0, 0.1) is 46.3 Å². The molecule has 0 saturated heterocycles. The molecule has 0 unspecified atom stereocenters. The third-order valence-electron chi connectivity index (χ3n) is 10.9. The normalized spacial score (nSPS) is 39.7. The summed E-state index contributed by atoms with van der Waals surface area (Å²) in [5.41, 5.74) is -0.709. The third-order valence-corrected chi connectivity index (χ3v) is 10.9. The van der Waals surface area contributed by atoms with Gasteiger partial charge in [-0.1, -0.05) is 20.8 Å².